The fourth-order valence-corrected chi connectivity index (χ4v) is 12.3. The van der Waals surface area contributed by atoms with Gasteiger partial charge < -0.3 is 19.5 Å². The van der Waals surface area contributed by atoms with Crippen molar-refractivity contribution in [2.75, 3.05) is 21.5 Å². The molecule has 15 heteroatoms. The molecule has 318 valence electrons. The molecule has 4 aromatic carbocycles. The lowest BCUT2D eigenvalue weighted by molar-refractivity contribution is -0.146. The van der Waals surface area contributed by atoms with Crippen molar-refractivity contribution in [3.8, 4) is 0 Å². The molecule has 14 nitrogen and oxygen atoms in total. The van der Waals surface area contributed by atoms with Gasteiger partial charge in [-0.25, -0.2) is 10.0 Å². The lowest BCUT2D eigenvalue weighted by Crippen LogP contribution is -2.46. The first kappa shape index (κ1) is 41.2. The summed E-state index contributed by atoms with van der Waals surface area (Å²) in [7, 11) is -3.00. The van der Waals surface area contributed by atoms with Crippen LogP contribution in [0.5, 0.6) is 0 Å². The molecule has 9 rings (SSSR count). The summed E-state index contributed by atoms with van der Waals surface area (Å²) in [4.78, 5) is 55.8. The van der Waals surface area contributed by atoms with E-state index in [0.717, 1.165) is 28.1 Å². The Bertz CT molecular complexity index is 2560. The van der Waals surface area contributed by atoms with Gasteiger partial charge in [0, 0.05) is 68.5 Å². The lowest BCUT2D eigenvalue weighted by Gasteiger charge is -2.32. The normalized spacial score (nSPS) is 22.7. The first-order valence-corrected chi connectivity index (χ1v) is 24.3. The van der Waals surface area contributed by atoms with Crippen molar-refractivity contribution in [2.24, 2.45) is 16.1 Å². The summed E-state index contributed by atoms with van der Waals surface area (Å²) in [5, 5.41) is 30.3. The maximum Gasteiger partial charge on any atom is 0.264 e. The number of amides is 3. The molecule has 1 fully saturated rings. The molecule has 4 aliphatic heterocycles. The highest BCUT2D eigenvalue weighted by atomic mass is 28.4. The third-order valence-corrected chi connectivity index (χ3v) is 15.1. The third kappa shape index (κ3) is 7.59. The van der Waals surface area contributed by atoms with E-state index in [-0.39, 0.29) is 42.8 Å². The first-order chi connectivity index (χ1) is 29.9. The van der Waals surface area contributed by atoms with Crippen LogP contribution in [0.1, 0.15) is 67.0 Å². The second-order valence-corrected chi connectivity index (χ2v) is 21.1. The van der Waals surface area contributed by atoms with Gasteiger partial charge in [0.25, 0.3) is 5.91 Å². The van der Waals surface area contributed by atoms with Crippen molar-refractivity contribution < 1.29 is 29.0 Å². The van der Waals surface area contributed by atoms with Gasteiger partial charge >= 0.3 is 0 Å². The molecule has 5 heterocycles. The highest BCUT2D eigenvalue weighted by molar-refractivity contribution is 6.71. The minimum Gasteiger partial charge on any atom is -0.432 e. The molecule has 5 aromatic rings. The van der Waals surface area contributed by atoms with Crippen LogP contribution < -0.4 is 14.9 Å². The zero-order valence-electron chi connectivity index (χ0n) is 35.1. The van der Waals surface area contributed by atoms with Crippen LogP contribution in [0.3, 0.4) is 0 Å². The van der Waals surface area contributed by atoms with E-state index in [1.165, 1.54) is 10.0 Å². The highest BCUT2D eigenvalue weighted by Gasteiger charge is 2.66. The second-order valence-electron chi connectivity index (χ2n) is 17.1. The molecule has 1 spiro atoms. The average Bonchev–Trinajstić information content (AvgIpc) is 3.93. The first-order valence-electron chi connectivity index (χ1n) is 21.3. The highest BCUT2D eigenvalue weighted by Crippen LogP contribution is 2.60. The molecule has 1 aromatic heterocycles. The molecule has 1 saturated heterocycles. The number of ether oxygens (including phenoxy) is 1. The number of carbonyl (C=O) groups excluding carboxylic acids is 3. The van der Waals surface area contributed by atoms with E-state index < -0.39 is 25.9 Å². The fraction of sp³-hybridized carbons (Fsp3) is 0.340. The lowest BCUT2D eigenvalue weighted by atomic mass is 9.82. The standard InChI is InChI=1S/C47H50N8O6Si/c1-31-45(62(2,3)60)42(24-26-52-30-35(25-27-56)48-51-52)61-47(31)38-28-37(55-44(58)23-20-40(50-55)34-12-8-5-9-13-34)18-21-41(38)53(46(47)59)29-32-14-16-36(17-15-32)54-43(57)22-19-39(49-54)33-10-6-4-7-11-33/h4-18,21,28,30-31,42,45,56,60H,19-20,22-27,29H2,1-3H3/t31-,42+,45-,47+/m0/s1. The van der Waals surface area contributed by atoms with Crippen LogP contribution in [0.4, 0.5) is 17.1 Å². The Morgan fingerprint density at radius 2 is 1.39 bits per heavy atom. The topological polar surface area (TPSA) is 166 Å². The Morgan fingerprint density at radius 1 is 0.790 bits per heavy atom. The number of rotatable bonds is 12. The van der Waals surface area contributed by atoms with Crippen molar-refractivity contribution in [1.29, 1.82) is 0 Å². The Balaban J connectivity index is 1.07. The monoisotopic (exact) mass is 850 g/mol. The fourth-order valence-electron chi connectivity index (χ4n) is 9.67. The molecule has 0 unspecified atom stereocenters. The van der Waals surface area contributed by atoms with Crippen molar-refractivity contribution in [2.45, 2.75) is 88.9 Å². The van der Waals surface area contributed by atoms with E-state index in [1.54, 1.807) is 15.8 Å². The van der Waals surface area contributed by atoms with Crippen molar-refractivity contribution in [1.82, 2.24) is 15.0 Å². The van der Waals surface area contributed by atoms with Gasteiger partial charge in [-0.15, -0.1) is 5.10 Å². The van der Waals surface area contributed by atoms with E-state index in [1.807, 2.05) is 123 Å². The number of hydrogen-bond donors (Lipinski definition) is 2. The van der Waals surface area contributed by atoms with E-state index >= 15 is 4.79 Å². The molecule has 0 saturated carbocycles. The summed E-state index contributed by atoms with van der Waals surface area (Å²) >= 11 is 0. The number of carbonyl (C=O) groups is 3. The number of aliphatic hydroxyl groups excluding tert-OH is 1. The predicted octanol–water partition coefficient (Wildman–Crippen LogP) is 6.31. The van der Waals surface area contributed by atoms with Gasteiger partial charge in [-0.05, 0) is 66.5 Å². The number of benzene rings is 4. The number of nitrogens with zero attached hydrogens (tertiary/aromatic N) is 8. The maximum atomic E-state index is 15.4. The van der Waals surface area contributed by atoms with Crippen LogP contribution in [0.25, 0.3) is 0 Å². The molecule has 3 amide bonds. The Morgan fingerprint density at radius 3 is 1.98 bits per heavy atom. The second kappa shape index (κ2) is 16.6. The summed E-state index contributed by atoms with van der Waals surface area (Å²) in [6.45, 7) is 6.37. The number of anilines is 3. The smallest absolute Gasteiger partial charge is 0.264 e. The molecule has 0 radical (unpaired) electrons. The van der Waals surface area contributed by atoms with Gasteiger partial charge in [0.05, 0.1) is 46.8 Å². The van der Waals surface area contributed by atoms with Crippen LogP contribution in [-0.2, 0) is 44.2 Å². The zero-order chi connectivity index (χ0) is 43.2. The summed E-state index contributed by atoms with van der Waals surface area (Å²) in [5.41, 5.74) is 5.66. The van der Waals surface area contributed by atoms with E-state index in [0.29, 0.717) is 67.0 Å². The predicted molar refractivity (Wildman–Crippen MR) is 238 cm³/mol. The number of hydrazone groups is 2. The van der Waals surface area contributed by atoms with Gasteiger partial charge in [0.2, 0.25) is 11.8 Å². The Hall–Kier alpha value is -6.13. The number of fused-ring (bicyclic) bond motifs is 2. The van der Waals surface area contributed by atoms with E-state index in [2.05, 4.69) is 10.3 Å². The molecular weight excluding hydrogens is 801 g/mol. The van der Waals surface area contributed by atoms with Crippen LogP contribution >= 0.6 is 0 Å². The number of aryl methyl sites for hydroxylation is 1. The molecule has 2 N–H and O–H groups in total. The largest absolute Gasteiger partial charge is 0.432 e. The summed E-state index contributed by atoms with van der Waals surface area (Å²) in [6, 6.07) is 32.7. The Kier molecular flexibility index (Phi) is 11.1. The Labute approximate surface area is 361 Å². The quantitative estimate of drug-likeness (QED) is 0.138. The number of aliphatic hydroxyl groups is 1. The molecular formula is C47H50N8O6Si. The van der Waals surface area contributed by atoms with E-state index in [4.69, 9.17) is 14.9 Å². The van der Waals surface area contributed by atoms with Gasteiger partial charge in [-0.2, -0.15) is 10.2 Å². The van der Waals surface area contributed by atoms with Crippen LogP contribution in [0.15, 0.2) is 120 Å². The summed E-state index contributed by atoms with van der Waals surface area (Å²) < 4.78 is 8.85. The minimum atomic E-state index is -3.00. The van der Waals surface area contributed by atoms with Crippen LogP contribution in [0.2, 0.25) is 18.6 Å². The summed E-state index contributed by atoms with van der Waals surface area (Å²) in [5.74, 6) is -0.941. The van der Waals surface area contributed by atoms with Gasteiger partial charge in [0.15, 0.2) is 13.9 Å². The SMILES string of the molecule is C[C@H]1[C@H]([Si](C)(C)O)[C@@H](CCn2cc(CCO)nn2)O[C@]12C(=O)N(Cc1ccc(N3N=C(c4ccccc4)CCC3=O)cc1)c1ccc(N3N=C(c4ccccc4)CCC3=O)cc12. The molecule has 62 heavy (non-hydrogen) atoms. The van der Waals surface area contributed by atoms with Gasteiger partial charge in [0.1, 0.15) is 0 Å². The number of aromatic nitrogens is 3. The zero-order valence-corrected chi connectivity index (χ0v) is 36.1. The average molecular weight is 851 g/mol. The van der Waals surface area contributed by atoms with Crippen LogP contribution in [-0.4, -0.2) is 75.1 Å². The minimum absolute atomic E-state index is 0.0365. The molecule has 0 aliphatic carbocycles. The van der Waals surface area contributed by atoms with Gasteiger partial charge in [-0.3, -0.25) is 19.1 Å². The molecule has 4 atom stereocenters. The van der Waals surface area contributed by atoms with Crippen molar-refractivity contribution in [3.05, 3.63) is 137 Å². The van der Waals surface area contributed by atoms with Crippen molar-refractivity contribution in [3.63, 3.8) is 0 Å². The third-order valence-electron chi connectivity index (χ3n) is 12.6. The van der Waals surface area contributed by atoms with Crippen LogP contribution in [0, 0.1) is 5.92 Å². The molecule has 0 bridgehead atoms. The van der Waals surface area contributed by atoms with Crippen molar-refractivity contribution >= 4 is 54.5 Å². The van der Waals surface area contributed by atoms with Gasteiger partial charge in [-0.1, -0.05) is 84.9 Å². The maximum absolute atomic E-state index is 15.4. The molecule has 4 aliphatic rings. The number of hydrogen-bond acceptors (Lipinski definition) is 10. The van der Waals surface area contributed by atoms with E-state index in [9.17, 15) is 19.5 Å². The summed E-state index contributed by atoms with van der Waals surface area (Å²) in [6.07, 6.45) is 3.84.